The molecule has 3 aromatic rings. The highest BCUT2D eigenvalue weighted by Crippen LogP contribution is 2.36. The zero-order valence-electron chi connectivity index (χ0n) is 12.4. The monoisotopic (exact) mass is 320 g/mol. The Balaban J connectivity index is 2.12. The van der Waals surface area contributed by atoms with E-state index >= 15 is 0 Å². The molecule has 4 nitrogen and oxygen atoms in total. The van der Waals surface area contributed by atoms with Crippen LogP contribution >= 0.6 is 0 Å². The first kappa shape index (κ1) is 15.4. The highest BCUT2D eigenvalue weighted by molar-refractivity contribution is 6.05. The molecule has 0 aliphatic heterocycles. The second kappa shape index (κ2) is 6.34. The van der Waals surface area contributed by atoms with Crippen LogP contribution in [0.1, 0.15) is 12.0 Å². The zero-order valence-corrected chi connectivity index (χ0v) is 12.4. The third-order valence-corrected chi connectivity index (χ3v) is 3.70. The molecule has 0 radical (unpaired) electrons. The summed E-state index contributed by atoms with van der Waals surface area (Å²) >= 11 is 0. The highest BCUT2D eigenvalue weighted by atomic mass is 19.1. The van der Waals surface area contributed by atoms with Gasteiger partial charge >= 0.3 is 0 Å². The Labute approximate surface area is 130 Å². The van der Waals surface area contributed by atoms with Crippen molar-refractivity contribution in [2.45, 2.75) is 12.8 Å². The normalized spacial score (nSPS) is 11.3. The van der Waals surface area contributed by atoms with Gasteiger partial charge in [-0.2, -0.15) is 4.39 Å². The van der Waals surface area contributed by atoms with Crippen molar-refractivity contribution in [3.05, 3.63) is 41.5 Å². The Bertz CT molecular complexity index is 870. The topological polar surface area (TPSA) is 48.7 Å². The molecule has 120 valence electrons. The van der Waals surface area contributed by atoms with Gasteiger partial charge in [0.25, 0.3) is 6.47 Å². The number of halogens is 2. The Morgan fingerprint density at radius 3 is 2.48 bits per heavy atom. The van der Waals surface area contributed by atoms with Crippen LogP contribution in [0, 0.1) is 11.6 Å². The number of benzene rings is 2. The lowest BCUT2D eigenvalue weighted by atomic mass is 10.1. The quantitative estimate of drug-likeness (QED) is 0.509. The average Bonchev–Trinajstić information content (AvgIpc) is 2.93. The van der Waals surface area contributed by atoms with Gasteiger partial charge in [-0.25, -0.2) is 4.39 Å². The molecule has 0 spiro atoms. The van der Waals surface area contributed by atoms with Crippen LogP contribution < -0.4 is 4.74 Å². The van der Waals surface area contributed by atoms with Crippen molar-refractivity contribution in [2.24, 2.45) is 0 Å². The van der Waals surface area contributed by atoms with Crippen LogP contribution in [-0.4, -0.2) is 20.2 Å². The van der Waals surface area contributed by atoms with Crippen molar-refractivity contribution in [1.29, 1.82) is 0 Å². The standard InChI is InChI=1S/C17H14F2O4/c1-21-8-2-3-10-4-5-11-12-6-7-13(22-9-20)15(19)17(12)23-16(11)14(10)18/h4-7,9H,2-3,8H2,1H3. The zero-order chi connectivity index (χ0) is 16.4. The molecule has 2 aromatic carbocycles. The molecule has 1 aromatic heterocycles. The fourth-order valence-electron chi connectivity index (χ4n) is 2.60. The molecule has 0 fully saturated rings. The number of furan rings is 1. The first-order valence-corrected chi connectivity index (χ1v) is 7.08. The maximum atomic E-state index is 14.6. The van der Waals surface area contributed by atoms with Gasteiger partial charge in [0.2, 0.25) is 5.82 Å². The molecule has 0 aliphatic rings. The number of carbonyl (C=O) groups is 1. The molecule has 0 N–H and O–H groups in total. The van der Waals surface area contributed by atoms with Gasteiger partial charge in [0, 0.05) is 24.5 Å². The fourth-order valence-corrected chi connectivity index (χ4v) is 2.60. The number of methoxy groups -OCH3 is 1. The van der Waals surface area contributed by atoms with E-state index < -0.39 is 11.6 Å². The minimum atomic E-state index is -0.828. The molecule has 0 unspecified atom stereocenters. The average molecular weight is 320 g/mol. The number of fused-ring (bicyclic) bond motifs is 3. The summed E-state index contributed by atoms with van der Waals surface area (Å²) in [5.74, 6) is -1.59. The summed E-state index contributed by atoms with van der Waals surface area (Å²) < 4.78 is 43.7. The van der Waals surface area contributed by atoms with Crippen molar-refractivity contribution in [2.75, 3.05) is 13.7 Å². The maximum absolute atomic E-state index is 14.6. The van der Waals surface area contributed by atoms with E-state index in [-0.39, 0.29) is 23.4 Å². The Hall–Kier alpha value is -2.47. The van der Waals surface area contributed by atoms with Crippen LogP contribution in [0.3, 0.4) is 0 Å². The van der Waals surface area contributed by atoms with Gasteiger partial charge in [-0.15, -0.1) is 0 Å². The summed E-state index contributed by atoms with van der Waals surface area (Å²) in [6.07, 6.45) is 1.17. The Kier molecular flexibility index (Phi) is 4.25. The number of rotatable bonds is 6. The Morgan fingerprint density at radius 1 is 1.09 bits per heavy atom. The van der Waals surface area contributed by atoms with Gasteiger partial charge in [-0.1, -0.05) is 6.07 Å². The second-order valence-electron chi connectivity index (χ2n) is 5.08. The summed E-state index contributed by atoms with van der Waals surface area (Å²) in [5.41, 5.74) is 0.350. The minimum Gasteiger partial charge on any atom is -0.450 e. The van der Waals surface area contributed by atoms with Crippen molar-refractivity contribution < 1.29 is 27.5 Å². The SMILES string of the molecule is COCCCc1ccc2c(oc3c(F)c(OC=O)ccc32)c1F. The number of carbonyl (C=O) groups excluding carboxylic acids is 1. The molecular weight excluding hydrogens is 306 g/mol. The third-order valence-electron chi connectivity index (χ3n) is 3.70. The first-order valence-electron chi connectivity index (χ1n) is 7.08. The summed E-state index contributed by atoms with van der Waals surface area (Å²) in [5, 5.41) is 0.905. The van der Waals surface area contributed by atoms with Crippen molar-refractivity contribution >= 4 is 28.4 Å². The van der Waals surface area contributed by atoms with Gasteiger partial charge in [0.15, 0.2) is 22.7 Å². The van der Waals surface area contributed by atoms with E-state index in [4.69, 9.17) is 9.15 Å². The van der Waals surface area contributed by atoms with Crippen LogP contribution in [0.25, 0.3) is 21.9 Å². The van der Waals surface area contributed by atoms with Gasteiger partial charge in [-0.05, 0) is 36.6 Å². The van der Waals surface area contributed by atoms with Gasteiger partial charge in [0.05, 0.1) is 0 Å². The van der Waals surface area contributed by atoms with Crippen LogP contribution in [0.15, 0.2) is 28.7 Å². The molecule has 0 aliphatic carbocycles. The molecule has 0 atom stereocenters. The molecule has 6 heteroatoms. The predicted octanol–water partition coefficient (Wildman–Crippen LogP) is 3.98. The first-order chi connectivity index (χ1) is 11.2. The van der Waals surface area contributed by atoms with E-state index in [1.54, 1.807) is 19.2 Å². The van der Waals surface area contributed by atoms with Gasteiger partial charge in [0.1, 0.15) is 0 Å². The molecule has 0 bridgehead atoms. The molecular formula is C17H14F2O4. The highest BCUT2D eigenvalue weighted by Gasteiger charge is 2.19. The summed E-state index contributed by atoms with van der Waals surface area (Å²) in [6, 6.07) is 6.21. The van der Waals surface area contributed by atoms with Crippen LogP contribution in [0.2, 0.25) is 0 Å². The number of hydrogen-bond donors (Lipinski definition) is 0. The lowest BCUT2D eigenvalue weighted by Crippen LogP contribution is -1.95. The van der Waals surface area contributed by atoms with Crippen molar-refractivity contribution in [3.8, 4) is 5.75 Å². The minimum absolute atomic E-state index is 0.00271. The molecule has 23 heavy (non-hydrogen) atoms. The largest absolute Gasteiger partial charge is 0.450 e. The number of hydrogen-bond acceptors (Lipinski definition) is 4. The van der Waals surface area contributed by atoms with Gasteiger partial charge < -0.3 is 13.9 Å². The maximum Gasteiger partial charge on any atom is 0.298 e. The van der Waals surface area contributed by atoms with E-state index in [0.29, 0.717) is 35.8 Å². The van der Waals surface area contributed by atoms with Crippen molar-refractivity contribution in [1.82, 2.24) is 0 Å². The van der Waals surface area contributed by atoms with Crippen LogP contribution in [-0.2, 0) is 16.0 Å². The third kappa shape index (κ3) is 2.66. The summed E-state index contributed by atoms with van der Waals surface area (Å²) in [6.45, 7) is 0.653. The molecule has 0 amide bonds. The van der Waals surface area contributed by atoms with Crippen molar-refractivity contribution in [3.63, 3.8) is 0 Å². The lowest BCUT2D eigenvalue weighted by Gasteiger charge is -2.03. The molecule has 1 heterocycles. The van der Waals surface area contributed by atoms with Crippen LogP contribution in [0.5, 0.6) is 5.75 Å². The van der Waals surface area contributed by atoms with E-state index in [0.717, 1.165) is 0 Å². The smallest absolute Gasteiger partial charge is 0.298 e. The lowest BCUT2D eigenvalue weighted by molar-refractivity contribution is -0.120. The van der Waals surface area contributed by atoms with Gasteiger partial charge in [-0.3, -0.25) is 4.79 Å². The summed E-state index contributed by atoms with van der Waals surface area (Å²) in [7, 11) is 1.58. The molecule has 3 rings (SSSR count). The van der Waals surface area contributed by atoms with E-state index in [1.165, 1.54) is 12.1 Å². The Morgan fingerprint density at radius 2 is 1.78 bits per heavy atom. The fraction of sp³-hybridized carbons (Fsp3) is 0.235. The van der Waals surface area contributed by atoms with E-state index in [1.807, 2.05) is 0 Å². The molecule has 0 saturated heterocycles. The second-order valence-corrected chi connectivity index (χ2v) is 5.08. The number of aryl methyl sites for hydroxylation is 1. The predicted molar refractivity (Wildman–Crippen MR) is 80.5 cm³/mol. The number of ether oxygens (including phenoxy) is 2. The van der Waals surface area contributed by atoms with Crippen LogP contribution in [0.4, 0.5) is 8.78 Å². The van der Waals surface area contributed by atoms with E-state index in [9.17, 15) is 13.6 Å². The van der Waals surface area contributed by atoms with E-state index in [2.05, 4.69) is 4.74 Å². The summed E-state index contributed by atoms with van der Waals surface area (Å²) in [4.78, 5) is 10.4. The molecule has 0 saturated carbocycles.